The van der Waals surface area contributed by atoms with E-state index in [1.807, 2.05) is 0 Å². The summed E-state index contributed by atoms with van der Waals surface area (Å²) < 4.78 is 33.2. The van der Waals surface area contributed by atoms with E-state index in [9.17, 15) is 19.0 Å². The molecule has 0 aromatic rings. The lowest BCUT2D eigenvalue weighted by atomic mass is 10.0. The topological polar surface area (TPSA) is 134 Å². The van der Waals surface area contributed by atoms with Gasteiger partial charge in [-0.15, -0.1) is 0 Å². The summed E-state index contributed by atoms with van der Waals surface area (Å²) in [5.74, 6) is -0.812. The maximum atomic E-state index is 12.8. The first kappa shape index (κ1) is 78.7. The highest BCUT2D eigenvalue weighted by atomic mass is 31.2. The summed E-state index contributed by atoms with van der Waals surface area (Å²) in [6.45, 7) is 3.78. The van der Waals surface area contributed by atoms with Crippen molar-refractivity contribution in [1.82, 2.24) is 0 Å². The molecule has 0 fully saturated rings. The van der Waals surface area contributed by atoms with Gasteiger partial charge in [0.15, 0.2) is 6.10 Å². The van der Waals surface area contributed by atoms with E-state index in [1.165, 1.54) is 263 Å². The van der Waals surface area contributed by atoms with Crippen molar-refractivity contribution in [3.8, 4) is 0 Å². The molecule has 0 bridgehead atoms. The Labute approximate surface area is 501 Å². The third-order valence-corrected chi connectivity index (χ3v) is 16.4. The summed E-state index contributed by atoms with van der Waals surface area (Å²) in [5, 5.41) is 0. The zero-order valence-corrected chi connectivity index (χ0v) is 54.2. The van der Waals surface area contributed by atoms with Crippen molar-refractivity contribution in [2.75, 3.05) is 26.4 Å². The molecular weight excluding hydrogens is 1030 g/mol. The van der Waals surface area contributed by atoms with Gasteiger partial charge < -0.3 is 20.1 Å². The van der Waals surface area contributed by atoms with Crippen molar-refractivity contribution in [2.45, 2.75) is 354 Å². The Balaban J connectivity index is 3.85. The average Bonchev–Trinajstić information content (AvgIpc) is 3.46. The first-order chi connectivity index (χ1) is 39.8. The van der Waals surface area contributed by atoms with E-state index in [1.54, 1.807) is 0 Å². The molecule has 0 aromatic heterocycles. The van der Waals surface area contributed by atoms with Gasteiger partial charge in [0.25, 0.3) is 0 Å². The van der Waals surface area contributed by atoms with Gasteiger partial charge in [-0.05, 0) is 83.5 Å². The first-order valence-electron chi connectivity index (χ1n) is 34.8. The lowest BCUT2D eigenvalue weighted by Crippen LogP contribution is -2.29. The highest BCUT2D eigenvalue weighted by Gasteiger charge is 2.26. The fourth-order valence-corrected chi connectivity index (χ4v) is 11.0. The highest BCUT2D eigenvalue weighted by Crippen LogP contribution is 2.43. The van der Waals surface area contributed by atoms with Crippen LogP contribution < -0.4 is 5.73 Å². The summed E-state index contributed by atoms with van der Waals surface area (Å²) in [6.07, 6.45) is 86.0. The molecule has 0 amide bonds. The van der Waals surface area contributed by atoms with Crippen LogP contribution in [0.2, 0.25) is 0 Å². The predicted molar refractivity (Wildman–Crippen MR) is 349 cm³/mol. The molecule has 2 unspecified atom stereocenters. The van der Waals surface area contributed by atoms with Crippen molar-refractivity contribution in [2.24, 2.45) is 5.73 Å². The van der Waals surface area contributed by atoms with E-state index in [2.05, 4.69) is 74.6 Å². The Hall–Kier alpha value is -2.29. The second kappa shape index (κ2) is 66.8. The molecule has 3 N–H and O–H groups in total. The first-order valence-corrected chi connectivity index (χ1v) is 36.3. The second-order valence-corrected chi connectivity index (χ2v) is 24.8. The van der Waals surface area contributed by atoms with Crippen LogP contribution in [0.15, 0.2) is 60.8 Å². The van der Waals surface area contributed by atoms with Crippen LogP contribution in [0.4, 0.5) is 0 Å². The van der Waals surface area contributed by atoms with Gasteiger partial charge in [-0.3, -0.25) is 18.6 Å². The summed E-state index contributed by atoms with van der Waals surface area (Å²) in [6, 6.07) is 0. The molecule has 474 valence electrons. The van der Waals surface area contributed by atoms with Crippen LogP contribution in [0.3, 0.4) is 0 Å². The monoisotopic (exact) mass is 1160 g/mol. The highest BCUT2D eigenvalue weighted by molar-refractivity contribution is 7.47. The van der Waals surface area contributed by atoms with Crippen LogP contribution in [-0.2, 0) is 32.7 Å². The van der Waals surface area contributed by atoms with Crippen LogP contribution >= 0.6 is 7.82 Å². The number of phosphoric ester groups is 1. The number of nitrogens with two attached hydrogens (primary N) is 1. The van der Waals surface area contributed by atoms with Crippen molar-refractivity contribution in [3.05, 3.63) is 60.8 Å². The maximum absolute atomic E-state index is 12.8. The van der Waals surface area contributed by atoms with Crippen molar-refractivity contribution < 1.29 is 37.6 Å². The third-order valence-electron chi connectivity index (χ3n) is 15.4. The number of allylic oxidation sites excluding steroid dienone is 10. The lowest BCUT2D eigenvalue weighted by Gasteiger charge is -2.19. The van der Waals surface area contributed by atoms with E-state index < -0.39 is 26.5 Å². The van der Waals surface area contributed by atoms with Gasteiger partial charge in [-0.2, -0.15) is 0 Å². The molecule has 0 saturated carbocycles. The van der Waals surface area contributed by atoms with Gasteiger partial charge >= 0.3 is 19.8 Å². The van der Waals surface area contributed by atoms with Gasteiger partial charge in [0.05, 0.1) is 13.2 Å². The molecule has 0 spiro atoms. The standard InChI is InChI=1S/C71H132NO8P/c1-3-5-7-9-11-13-15-17-19-21-23-25-27-29-31-32-33-34-35-36-38-40-42-44-46-48-50-52-54-56-58-60-62-64-71(74)80-69(68-79-81(75,76)78-66-65-72)67-77-70(73)63-61-59-57-55-53-51-49-47-45-43-41-39-37-30-28-26-24-22-20-18-16-14-12-10-8-6-4-2/h15-18,21-24,27,29,69H,3-14,19-20,25-26,28,30-68,72H2,1-2H3,(H,75,76)/b17-15-,18-16-,23-21-,24-22-,29-27-. The van der Waals surface area contributed by atoms with Gasteiger partial charge in [0.1, 0.15) is 6.61 Å². The Morgan fingerprint density at radius 1 is 0.370 bits per heavy atom. The smallest absolute Gasteiger partial charge is 0.462 e. The number of rotatable bonds is 66. The number of esters is 2. The Kier molecular flexibility index (Phi) is 65.0. The predicted octanol–water partition coefficient (Wildman–Crippen LogP) is 22.6. The molecule has 0 aliphatic heterocycles. The molecule has 0 heterocycles. The Bertz CT molecular complexity index is 1510. The molecule has 0 radical (unpaired) electrons. The number of phosphoric acid groups is 1. The minimum absolute atomic E-state index is 0.0539. The van der Waals surface area contributed by atoms with Crippen molar-refractivity contribution in [1.29, 1.82) is 0 Å². The maximum Gasteiger partial charge on any atom is 0.472 e. The molecule has 0 aromatic carbocycles. The van der Waals surface area contributed by atoms with E-state index >= 15 is 0 Å². The molecule has 0 saturated heterocycles. The SMILES string of the molecule is CCCCCCC/C=C\C/C=C\C/C=C\CCCCCCCCCCCCCCCCCCCCC(=O)OC(COC(=O)CCCCCCCCCCCCCCCCC/C=C\C/C=C\CCCCCCC)COP(=O)(O)OCCN. The number of unbranched alkanes of at least 4 members (excludes halogenated alkanes) is 43. The van der Waals surface area contributed by atoms with Crippen molar-refractivity contribution >= 4 is 19.8 Å². The zero-order chi connectivity index (χ0) is 58.7. The fourth-order valence-electron chi connectivity index (χ4n) is 10.2. The van der Waals surface area contributed by atoms with E-state index in [0.717, 1.165) is 51.4 Å². The summed E-state index contributed by atoms with van der Waals surface area (Å²) >= 11 is 0. The van der Waals surface area contributed by atoms with E-state index in [-0.39, 0.29) is 38.6 Å². The van der Waals surface area contributed by atoms with Gasteiger partial charge in [-0.1, -0.05) is 312 Å². The van der Waals surface area contributed by atoms with Crippen LogP contribution in [0.5, 0.6) is 0 Å². The van der Waals surface area contributed by atoms with Gasteiger partial charge in [-0.25, -0.2) is 4.57 Å². The second-order valence-electron chi connectivity index (χ2n) is 23.4. The zero-order valence-electron chi connectivity index (χ0n) is 53.3. The quantitative estimate of drug-likeness (QED) is 0.0264. The third kappa shape index (κ3) is 66.7. The number of hydrogen-bond donors (Lipinski definition) is 2. The normalized spacial score (nSPS) is 13.3. The molecule has 0 aliphatic carbocycles. The van der Waals surface area contributed by atoms with Gasteiger partial charge in [0, 0.05) is 19.4 Å². The Morgan fingerprint density at radius 3 is 0.951 bits per heavy atom. The van der Waals surface area contributed by atoms with Gasteiger partial charge in [0.2, 0.25) is 0 Å². The van der Waals surface area contributed by atoms with E-state index in [0.29, 0.717) is 6.42 Å². The molecule has 9 nitrogen and oxygen atoms in total. The number of hydrogen-bond acceptors (Lipinski definition) is 8. The lowest BCUT2D eigenvalue weighted by molar-refractivity contribution is -0.161. The molecule has 0 aliphatic rings. The summed E-state index contributed by atoms with van der Waals surface area (Å²) in [5.41, 5.74) is 5.40. The molecule has 81 heavy (non-hydrogen) atoms. The van der Waals surface area contributed by atoms with Crippen LogP contribution in [-0.4, -0.2) is 49.3 Å². The van der Waals surface area contributed by atoms with Crippen molar-refractivity contribution in [3.63, 3.8) is 0 Å². The molecule has 10 heteroatoms. The van der Waals surface area contributed by atoms with Crippen LogP contribution in [0, 0.1) is 0 Å². The molecular formula is C71H132NO8P. The van der Waals surface area contributed by atoms with Crippen LogP contribution in [0.25, 0.3) is 0 Å². The number of carbonyl (C=O) groups excluding carboxylic acids is 2. The molecule has 2 atom stereocenters. The average molecular weight is 1160 g/mol. The minimum atomic E-state index is -4.39. The fraction of sp³-hybridized carbons (Fsp3) is 0.831. The number of ether oxygens (including phenoxy) is 2. The minimum Gasteiger partial charge on any atom is -0.462 e. The largest absolute Gasteiger partial charge is 0.472 e. The number of carbonyl (C=O) groups is 2. The Morgan fingerprint density at radius 2 is 0.642 bits per heavy atom. The summed E-state index contributed by atoms with van der Waals surface area (Å²) in [7, 11) is -4.39. The van der Waals surface area contributed by atoms with Crippen LogP contribution in [0.1, 0.15) is 348 Å². The summed E-state index contributed by atoms with van der Waals surface area (Å²) in [4.78, 5) is 35.3. The molecule has 0 rings (SSSR count). The van der Waals surface area contributed by atoms with E-state index in [4.69, 9.17) is 24.3 Å².